The molecule has 0 bridgehead atoms. The molecule has 10 nitrogen and oxygen atoms in total. The van der Waals surface area contributed by atoms with Gasteiger partial charge < -0.3 is 45.3 Å². The molecule has 24 heavy (non-hydrogen) atoms. The molecule has 1 heterocycles. The Morgan fingerprint density at radius 3 is 2.33 bits per heavy atom. The molecule has 6 N–H and O–H groups in total. The van der Waals surface area contributed by atoms with Crippen molar-refractivity contribution in [3.8, 4) is 0 Å². The molecule has 0 aromatic rings. The van der Waals surface area contributed by atoms with Crippen molar-refractivity contribution in [2.24, 2.45) is 5.73 Å². The third-order valence-corrected chi connectivity index (χ3v) is 3.39. The fourth-order valence-corrected chi connectivity index (χ4v) is 2.24. The number of amides is 1. The van der Waals surface area contributed by atoms with Gasteiger partial charge in [-0.2, -0.15) is 0 Å². The normalized spacial score (nSPS) is 30.3. The molecule has 142 valence electrons. The Bertz CT molecular complexity index is 360. The lowest BCUT2D eigenvalue weighted by Gasteiger charge is -2.42. The summed E-state index contributed by atoms with van der Waals surface area (Å²) < 4.78 is 21.3. The number of nitrogens with one attached hydrogen (secondary N) is 1. The van der Waals surface area contributed by atoms with Gasteiger partial charge in [0.05, 0.1) is 39.6 Å². The van der Waals surface area contributed by atoms with Crippen molar-refractivity contribution in [2.75, 3.05) is 46.2 Å². The van der Waals surface area contributed by atoms with Crippen LogP contribution in [0.1, 0.15) is 6.92 Å². The molecule has 0 aromatic heterocycles. The van der Waals surface area contributed by atoms with E-state index < -0.39 is 43.2 Å². The predicted molar refractivity (Wildman–Crippen MR) is 82.0 cm³/mol. The summed E-state index contributed by atoms with van der Waals surface area (Å²) in [5.74, 6) is -0.404. The molecule has 0 radical (unpaired) electrons. The first-order valence-corrected chi connectivity index (χ1v) is 7.88. The summed E-state index contributed by atoms with van der Waals surface area (Å²) in [5.41, 5.74) is 5.28. The van der Waals surface area contributed by atoms with E-state index in [0.717, 1.165) is 0 Å². The molecule has 0 unspecified atom stereocenters. The van der Waals surface area contributed by atoms with Crippen LogP contribution in [0.15, 0.2) is 0 Å². The van der Waals surface area contributed by atoms with E-state index in [-0.39, 0.29) is 13.2 Å². The lowest BCUT2D eigenvalue weighted by molar-refractivity contribution is -0.272. The van der Waals surface area contributed by atoms with E-state index >= 15 is 0 Å². The van der Waals surface area contributed by atoms with Gasteiger partial charge in [0, 0.05) is 13.5 Å². The van der Waals surface area contributed by atoms with Gasteiger partial charge >= 0.3 is 0 Å². The Labute approximate surface area is 140 Å². The number of rotatable bonds is 11. The average molecular weight is 352 g/mol. The second-order valence-corrected chi connectivity index (χ2v) is 5.32. The number of aliphatic hydroxyl groups is 3. The molecule has 0 spiro atoms. The molecule has 1 aliphatic heterocycles. The molecule has 5 atom stereocenters. The monoisotopic (exact) mass is 352 g/mol. The standard InChI is InChI=1S/C14H28N2O8/c1-9(18)16-11-13(20)12(19)10(8-17)24-14(11)23-7-6-22-5-4-21-3-2-15/h10-14,17,19-20H,2-8,15H2,1H3,(H,16,18)/t10-,11-,12-,13-,14-/m0/s1. The van der Waals surface area contributed by atoms with Gasteiger partial charge in [-0.3, -0.25) is 4.79 Å². The first-order valence-electron chi connectivity index (χ1n) is 7.88. The van der Waals surface area contributed by atoms with Gasteiger partial charge in [0.25, 0.3) is 0 Å². The average Bonchev–Trinajstić information content (AvgIpc) is 2.55. The first-order chi connectivity index (χ1) is 11.5. The molecule has 1 rings (SSSR count). The predicted octanol–water partition coefficient (Wildman–Crippen LogP) is -3.06. The van der Waals surface area contributed by atoms with Crippen molar-refractivity contribution in [1.82, 2.24) is 5.32 Å². The number of carbonyl (C=O) groups excluding carboxylic acids is 1. The van der Waals surface area contributed by atoms with E-state index in [2.05, 4.69) is 5.32 Å². The summed E-state index contributed by atoms with van der Waals surface area (Å²) in [5, 5.41) is 31.6. The SMILES string of the molecule is CC(=O)N[C@@H]1[C@@H](OCCOCCOCCN)O[C@@H](CO)[C@H](O)[C@H]1O. The van der Waals surface area contributed by atoms with Gasteiger partial charge in [0.2, 0.25) is 5.91 Å². The third kappa shape index (κ3) is 6.95. The quantitative estimate of drug-likeness (QED) is 0.244. The molecule has 10 heteroatoms. The van der Waals surface area contributed by atoms with E-state index in [0.29, 0.717) is 26.4 Å². The van der Waals surface area contributed by atoms with Crippen LogP contribution in [0.2, 0.25) is 0 Å². The fourth-order valence-electron chi connectivity index (χ4n) is 2.24. The largest absolute Gasteiger partial charge is 0.394 e. The molecule has 0 saturated carbocycles. The van der Waals surface area contributed by atoms with Crippen molar-refractivity contribution in [3.05, 3.63) is 0 Å². The van der Waals surface area contributed by atoms with Crippen molar-refractivity contribution in [3.63, 3.8) is 0 Å². The molecular formula is C14H28N2O8. The highest BCUT2D eigenvalue weighted by Gasteiger charge is 2.45. The number of ether oxygens (including phenoxy) is 4. The van der Waals surface area contributed by atoms with E-state index in [4.69, 9.17) is 24.7 Å². The summed E-state index contributed by atoms with van der Waals surface area (Å²) >= 11 is 0. The summed E-state index contributed by atoms with van der Waals surface area (Å²) in [6, 6.07) is -0.951. The Kier molecular flexibility index (Phi) is 10.3. The van der Waals surface area contributed by atoms with Gasteiger partial charge in [-0.25, -0.2) is 0 Å². The van der Waals surface area contributed by atoms with Crippen LogP contribution in [0.4, 0.5) is 0 Å². The van der Waals surface area contributed by atoms with Crippen molar-refractivity contribution in [1.29, 1.82) is 0 Å². The molecule has 1 amide bonds. The highest BCUT2D eigenvalue weighted by molar-refractivity contribution is 5.73. The van der Waals surface area contributed by atoms with Gasteiger partial charge in [-0.05, 0) is 0 Å². The maximum absolute atomic E-state index is 11.3. The molecule has 0 aromatic carbocycles. The van der Waals surface area contributed by atoms with Gasteiger partial charge in [-0.1, -0.05) is 0 Å². The summed E-state index contributed by atoms with van der Waals surface area (Å²) in [7, 11) is 0. The highest BCUT2D eigenvalue weighted by atomic mass is 16.7. The fraction of sp³-hybridized carbons (Fsp3) is 0.929. The Morgan fingerprint density at radius 2 is 1.75 bits per heavy atom. The zero-order chi connectivity index (χ0) is 17.9. The molecule has 1 fully saturated rings. The van der Waals surface area contributed by atoms with Crippen molar-refractivity contribution >= 4 is 5.91 Å². The van der Waals surface area contributed by atoms with Crippen molar-refractivity contribution < 1.29 is 39.1 Å². The van der Waals surface area contributed by atoms with Gasteiger partial charge in [-0.15, -0.1) is 0 Å². The zero-order valence-corrected chi connectivity index (χ0v) is 13.8. The Balaban J connectivity index is 2.39. The van der Waals surface area contributed by atoms with Crippen LogP contribution in [0, 0.1) is 0 Å². The summed E-state index contributed by atoms with van der Waals surface area (Å²) in [6.07, 6.45) is -4.67. The number of aliphatic hydroxyl groups excluding tert-OH is 3. The number of carbonyl (C=O) groups is 1. The van der Waals surface area contributed by atoms with Gasteiger partial charge in [0.15, 0.2) is 6.29 Å². The second kappa shape index (κ2) is 11.7. The number of nitrogens with two attached hydrogens (primary N) is 1. The van der Waals surface area contributed by atoms with E-state index in [1.165, 1.54) is 6.92 Å². The maximum Gasteiger partial charge on any atom is 0.217 e. The minimum absolute atomic E-state index is 0.138. The van der Waals surface area contributed by atoms with Gasteiger partial charge in [0.1, 0.15) is 24.4 Å². The van der Waals surface area contributed by atoms with Crippen LogP contribution in [-0.2, 0) is 23.7 Å². The van der Waals surface area contributed by atoms with Crippen LogP contribution >= 0.6 is 0 Å². The van der Waals surface area contributed by atoms with Crippen LogP contribution in [-0.4, -0.2) is 98.1 Å². The lowest BCUT2D eigenvalue weighted by Crippen LogP contribution is -2.64. The van der Waals surface area contributed by atoms with Crippen LogP contribution < -0.4 is 11.1 Å². The topological polar surface area (TPSA) is 153 Å². The molecule has 1 saturated heterocycles. The molecule has 1 aliphatic rings. The molecule has 0 aliphatic carbocycles. The Morgan fingerprint density at radius 1 is 1.12 bits per heavy atom. The van der Waals surface area contributed by atoms with E-state index in [1.54, 1.807) is 0 Å². The lowest BCUT2D eigenvalue weighted by atomic mass is 9.97. The maximum atomic E-state index is 11.3. The number of hydrogen-bond acceptors (Lipinski definition) is 9. The molecular weight excluding hydrogens is 324 g/mol. The minimum Gasteiger partial charge on any atom is -0.394 e. The van der Waals surface area contributed by atoms with Crippen LogP contribution in [0.5, 0.6) is 0 Å². The van der Waals surface area contributed by atoms with Crippen LogP contribution in [0.3, 0.4) is 0 Å². The smallest absolute Gasteiger partial charge is 0.217 e. The zero-order valence-electron chi connectivity index (χ0n) is 13.8. The Hall–Kier alpha value is -0.850. The first kappa shape index (κ1) is 21.2. The highest BCUT2D eigenvalue weighted by Crippen LogP contribution is 2.22. The van der Waals surface area contributed by atoms with E-state index in [9.17, 15) is 20.1 Å². The van der Waals surface area contributed by atoms with E-state index in [1.807, 2.05) is 0 Å². The second-order valence-electron chi connectivity index (χ2n) is 5.32. The minimum atomic E-state index is -1.33. The number of hydrogen-bond donors (Lipinski definition) is 5. The summed E-state index contributed by atoms with van der Waals surface area (Å²) in [4.78, 5) is 11.3. The third-order valence-electron chi connectivity index (χ3n) is 3.39. The summed E-state index contributed by atoms with van der Waals surface area (Å²) in [6.45, 7) is 2.90. The van der Waals surface area contributed by atoms with Crippen molar-refractivity contribution in [2.45, 2.75) is 37.6 Å². The van der Waals surface area contributed by atoms with Crippen LogP contribution in [0.25, 0.3) is 0 Å².